The van der Waals surface area contributed by atoms with Crippen LogP contribution >= 0.6 is 0 Å². The Morgan fingerprint density at radius 2 is 1.67 bits per heavy atom. The van der Waals surface area contributed by atoms with E-state index in [1.807, 2.05) is 44.2 Å². The van der Waals surface area contributed by atoms with E-state index in [2.05, 4.69) is 10.6 Å². The molecule has 0 saturated carbocycles. The number of carbonyl (C=O) groups is 3. The highest BCUT2D eigenvalue weighted by Gasteiger charge is 2.25. The highest BCUT2D eigenvalue weighted by atomic mass is 16.5. The molecule has 2 atom stereocenters. The third kappa shape index (κ3) is 7.95. The molecule has 3 N–H and O–H groups in total. The van der Waals surface area contributed by atoms with Crippen molar-refractivity contribution in [3.05, 3.63) is 65.7 Å². The summed E-state index contributed by atoms with van der Waals surface area (Å²) in [5.74, 6) is -0.182. The van der Waals surface area contributed by atoms with Crippen molar-refractivity contribution in [2.45, 2.75) is 45.4 Å². The SMILES string of the molecule is CC(C)C[C@H](NC(=O)OCc1ccccc1)C(=O)NC(C=O)Cc1ccc(O)cc1. The van der Waals surface area contributed by atoms with E-state index in [-0.39, 0.29) is 24.7 Å². The molecule has 0 aliphatic rings. The van der Waals surface area contributed by atoms with Gasteiger partial charge in [-0.1, -0.05) is 56.3 Å². The number of ether oxygens (including phenoxy) is 1. The van der Waals surface area contributed by atoms with Crippen LogP contribution in [0, 0.1) is 5.92 Å². The first kappa shape index (κ1) is 22.9. The molecule has 0 heterocycles. The number of amides is 2. The number of phenolic OH excluding ortho intramolecular Hbond substituents is 1. The fraction of sp³-hybridized carbons (Fsp3) is 0.348. The van der Waals surface area contributed by atoms with Crippen molar-refractivity contribution in [3.8, 4) is 5.75 Å². The Morgan fingerprint density at radius 1 is 1.00 bits per heavy atom. The van der Waals surface area contributed by atoms with Gasteiger partial charge in [-0.25, -0.2) is 4.79 Å². The van der Waals surface area contributed by atoms with E-state index < -0.39 is 24.1 Å². The molecule has 0 aliphatic carbocycles. The zero-order valence-corrected chi connectivity index (χ0v) is 17.2. The van der Waals surface area contributed by atoms with Crippen LogP contribution in [0.2, 0.25) is 0 Å². The Bertz CT molecular complexity index is 821. The van der Waals surface area contributed by atoms with Gasteiger partial charge in [0.1, 0.15) is 24.7 Å². The quantitative estimate of drug-likeness (QED) is 0.521. The summed E-state index contributed by atoms with van der Waals surface area (Å²) in [4.78, 5) is 36.4. The number of phenols is 1. The van der Waals surface area contributed by atoms with Crippen LogP contribution in [0.5, 0.6) is 5.75 Å². The van der Waals surface area contributed by atoms with Gasteiger partial charge in [0, 0.05) is 0 Å². The number of carbonyl (C=O) groups excluding carboxylic acids is 3. The minimum absolute atomic E-state index is 0.0977. The molecule has 160 valence electrons. The fourth-order valence-corrected chi connectivity index (χ4v) is 2.91. The molecule has 0 saturated heterocycles. The minimum Gasteiger partial charge on any atom is -0.508 e. The third-order valence-electron chi connectivity index (χ3n) is 4.41. The standard InChI is InChI=1S/C23H28N2O5/c1-16(2)12-21(25-23(29)30-15-18-6-4-3-5-7-18)22(28)24-19(14-26)13-17-8-10-20(27)11-9-17/h3-11,14,16,19,21,27H,12-13,15H2,1-2H3,(H,24,28)(H,25,29)/t19?,21-/m0/s1. The first-order chi connectivity index (χ1) is 14.4. The molecule has 0 radical (unpaired) electrons. The maximum Gasteiger partial charge on any atom is 0.408 e. The fourth-order valence-electron chi connectivity index (χ4n) is 2.91. The van der Waals surface area contributed by atoms with E-state index in [0.717, 1.165) is 11.1 Å². The molecule has 0 fully saturated rings. The molecule has 2 rings (SSSR count). The first-order valence-electron chi connectivity index (χ1n) is 9.88. The lowest BCUT2D eigenvalue weighted by atomic mass is 10.0. The van der Waals surface area contributed by atoms with Crippen LogP contribution in [-0.2, 0) is 27.4 Å². The van der Waals surface area contributed by atoms with E-state index in [4.69, 9.17) is 4.74 Å². The first-order valence-corrected chi connectivity index (χ1v) is 9.88. The number of rotatable bonds is 10. The number of nitrogens with one attached hydrogen (secondary N) is 2. The molecular formula is C23H28N2O5. The summed E-state index contributed by atoms with van der Waals surface area (Å²) >= 11 is 0. The third-order valence-corrected chi connectivity index (χ3v) is 4.41. The summed E-state index contributed by atoms with van der Waals surface area (Å²) in [6.07, 6.45) is 0.644. The number of benzene rings is 2. The summed E-state index contributed by atoms with van der Waals surface area (Å²) in [7, 11) is 0. The van der Waals surface area contributed by atoms with E-state index >= 15 is 0 Å². The maximum absolute atomic E-state index is 12.7. The highest BCUT2D eigenvalue weighted by Crippen LogP contribution is 2.12. The molecule has 0 aromatic heterocycles. The van der Waals surface area contributed by atoms with Crippen molar-refractivity contribution in [2.24, 2.45) is 5.92 Å². The van der Waals surface area contributed by atoms with Gasteiger partial charge in [-0.2, -0.15) is 0 Å². The summed E-state index contributed by atoms with van der Waals surface area (Å²) < 4.78 is 5.21. The van der Waals surface area contributed by atoms with Crippen molar-refractivity contribution < 1.29 is 24.2 Å². The Morgan fingerprint density at radius 3 is 2.27 bits per heavy atom. The van der Waals surface area contributed by atoms with Crippen molar-refractivity contribution in [1.82, 2.24) is 10.6 Å². The number of aromatic hydroxyl groups is 1. The molecule has 30 heavy (non-hydrogen) atoms. The zero-order valence-electron chi connectivity index (χ0n) is 17.2. The van der Waals surface area contributed by atoms with Crippen molar-refractivity contribution in [1.29, 1.82) is 0 Å². The summed E-state index contributed by atoms with van der Waals surface area (Å²) in [5, 5.41) is 14.6. The molecule has 2 aromatic carbocycles. The average Bonchev–Trinajstić information content (AvgIpc) is 2.73. The van der Waals surface area contributed by atoms with Gasteiger partial charge in [0.2, 0.25) is 5.91 Å². The Labute approximate surface area is 176 Å². The predicted octanol–water partition coefficient (Wildman–Crippen LogP) is 2.96. The molecule has 0 spiro atoms. The molecule has 7 heteroatoms. The van der Waals surface area contributed by atoms with Crippen LogP contribution in [0.4, 0.5) is 4.79 Å². The second kappa shape index (κ2) is 11.6. The Kier molecular flexibility index (Phi) is 8.87. The van der Waals surface area contributed by atoms with Crippen molar-refractivity contribution in [2.75, 3.05) is 0 Å². The lowest BCUT2D eigenvalue weighted by Gasteiger charge is -2.22. The van der Waals surface area contributed by atoms with Gasteiger partial charge in [0.05, 0.1) is 6.04 Å². The van der Waals surface area contributed by atoms with Gasteiger partial charge in [0.15, 0.2) is 0 Å². The number of alkyl carbamates (subject to hydrolysis) is 1. The van der Waals surface area contributed by atoms with Crippen LogP contribution in [0.3, 0.4) is 0 Å². The number of hydrogen-bond acceptors (Lipinski definition) is 5. The van der Waals surface area contributed by atoms with Crippen LogP contribution in [0.1, 0.15) is 31.4 Å². The second-order valence-corrected chi connectivity index (χ2v) is 7.51. The van der Waals surface area contributed by atoms with Crippen LogP contribution in [0.25, 0.3) is 0 Å². The second-order valence-electron chi connectivity index (χ2n) is 7.51. The average molecular weight is 412 g/mol. The lowest BCUT2D eigenvalue weighted by Crippen LogP contribution is -2.51. The van der Waals surface area contributed by atoms with Gasteiger partial charge in [-0.05, 0) is 42.0 Å². The molecule has 0 bridgehead atoms. The van der Waals surface area contributed by atoms with Gasteiger partial charge >= 0.3 is 6.09 Å². The van der Waals surface area contributed by atoms with E-state index in [9.17, 15) is 19.5 Å². The Hall–Kier alpha value is -3.35. The highest BCUT2D eigenvalue weighted by molar-refractivity contribution is 5.87. The van der Waals surface area contributed by atoms with Gasteiger partial charge in [-0.15, -0.1) is 0 Å². The topological polar surface area (TPSA) is 105 Å². The normalized spacial score (nSPS) is 12.6. The summed E-state index contributed by atoms with van der Waals surface area (Å²) in [6.45, 7) is 3.97. The van der Waals surface area contributed by atoms with Crippen molar-refractivity contribution in [3.63, 3.8) is 0 Å². The molecular weight excluding hydrogens is 384 g/mol. The smallest absolute Gasteiger partial charge is 0.408 e. The van der Waals surface area contributed by atoms with Crippen molar-refractivity contribution >= 4 is 18.3 Å². The van der Waals surface area contributed by atoms with E-state index in [1.54, 1.807) is 12.1 Å². The van der Waals surface area contributed by atoms with Gasteiger partial charge < -0.3 is 25.3 Å². The molecule has 7 nitrogen and oxygen atoms in total. The number of hydrogen-bond donors (Lipinski definition) is 3. The van der Waals surface area contributed by atoms with Crippen LogP contribution in [0.15, 0.2) is 54.6 Å². The van der Waals surface area contributed by atoms with Gasteiger partial charge in [-0.3, -0.25) is 4.79 Å². The molecule has 1 unspecified atom stereocenters. The molecule has 2 amide bonds. The monoisotopic (exact) mass is 412 g/mol. The summed E-state index contributed by atoms with van der Waals surface area (Å²) in [6, 6.07) is 14.1. The minimum atomic E-state index is -0.824. The van der Waals surface area contributed by atoms with Crippen LogP contribution in [-0.4, -0.2) is 35.5 Å². The zero-order chi connectivity index (χ0) is 21.9. The molecule has 2 aromatic rings. The predicted molar refractivity (Wildman–Crippen MR) is 113 cm³/mol. The summed E-state index contributed by atoms with van der Waals surface area (Å²) in [5.41, 5.74) is 1.63. The molecule has 0 aliphatic heterocycles. The Balaban J connectivity index is 1.94. The largest absolute Gasteiger partial charge is 0.508 e. The van der Waals surface area contributed by atoms with Crippen LogP contribution < -0.4 is 10.6 Å². The maximum atomic E-state index is 12.7. The lowest BCUT2D eigenvalue weighted by molar-refractivity contribution is -0.126. The van der Waals surface area contributed by atoms with E-state index in [1.165, 1.54) is 12.1 Å². The van der Waals surface area contributed by atoms with Gasteiger partial charge in [0.25, 0.3) is 0 Å². The number of aldehydes is 1. The van der Waals surface area contributed by atoms with E-state index in [0.29, 0.717) is 12.7 Å².